The minimum atomic E-state index is -1.28. The van der Waals surface area contributed by atoms with Gasteiger partial charge in [-0.3, -0.25) is 4.79 Å². The summed E-state index contributed by atoms with van der Waals surface area (Å²) < 4.78 is 0. The Morgan fingerprint density at radius 3 is 1.84 bits per heavy atom. The third kappa shape index (κ3) is 18.9. The summed E-state index contributed by atoms with van der Waals surface area (Å²) >= 11 is 0. The van der Waals surface area contributed by atoms with Crippen molar-refractivity contribution in [1.29, 1.82) is 0 Å². The van der Waals surface area contributed by atoms with Gasteiger partial charge in [-0.2, -0.15) is 0 Å². The summed E-state index contributed by atoms with van der Waals surface area (Å²) in [5.41, 5.74) is 0. The van der Waals surface area contributed by atoms with Gasteiger partial charge in [-0.05, 0) is 44.9 Å². The molecule has 0 unspecified atom stereocenters. The molecular formula is C25H46NNaO4. The molecular weight excluding hydrogens is 401 g/mol. The number of nitrogens with zero attached hydrogens (tertiary/aromatic N) is 1. The van der Waals surface area contributed by atoms with Gasteiger partial charge in [0.15, 0.2) is 0 Å². The number of hydrogen-bond acceptors (Lipinski definition) is 4. The number of hydrogen-bond donors (Lipinski definition) is 1. The second-order valence-electron chi connectivity index (χ2n) is 8.27. The number of amides is 1. The summed E-state index contributed by atoms with van der Waals surface area (Å²) in [5.74, 6) is -1.42. The summed E-state index contributed by atoms with van der Waals surface area (Å²) in [6, 6.07) is -1.02. The van der Waals surface area contributed by atoms with Crippen LogP contribution >= 0.6 is 0 Å². The number of aliphatic hydroxyl groups is 1. The summed E-state index contributed by atoms with van der Waals surface area (Å²) in [4.78, 5) is 25.1. The quantitative estimate of drug-likeness (QED) is 0.165. The number of rotatable bonds is 21. The molecule has 0 aromatic heterocycles. The van der Waals surface area contributed by atoms with Gasteiger partial charge in [0.25, 0.3) is 0 Å². The average molecular weight is 448 g/mol. The minimum absolute atomic E-state index is 0. The van der Waals surface area contributed by atoms with E-state index in [0.29, 0.717) is 19.4 Å². The van der Waals surface area contributed by atoms with Crippen LogP contribution < -0.4 is 34.7 Å². The van der Waals surface area contributed by atoms with Crippen molar-refractivity contribution in [2.45, 2.75) is 123 Å². The van der Waals surface area contributed by atoms with Gasteiger partial charge in [0.05, 0.1) is 12.0 Å². The molecule has 1 amide bonds. The number of carboxylic acid groups (broad SMARTS) is 1. The minimum Gasteiger partial charge on any atom is -0.548 e. The Bertz CT molecular complexity index is 457. The van der Waals surface area contributed by atoms with Crippen LogP contribution in [-0.4, -0.2) is 41.1 Å². The van der Waals surface area contributed by atoms with E-state index in [1.54, 1.807) is 0 Å². The topological polar surface area (TPSA) is 80.7 Å². The molecule has 31 heavy (non-hydrogen) atoms. The standard InChI is InChI=1S/C25H47NO4.Na/c1-3-5-6-7-8-9-10-11-12-13-14-15-16-17-18-19-24(28)26(21-4-2)23(20-22-27)25(29)30;/h11-12,23,27H,3-10,13-22H2,1-2H3,(H,29,30);/q;+1/p-1/b12-11-;/t23-;/m0./s1. The van der Waals surface area contributed by atoms with Crippen molar-refractivity contribution in [3.63, 3.8) is 0 Å². The van der Waals surface area contributed by atoms with Crippen LogP contribution in [0.5, 0.6) is 0 Å². The monoisotopic (exact) mass is 447 g/mol. The summed E-state index contributed by atoms with van der Waals surface area (Å²) in [6.07, 6.45) is 21.3. The smallest absolute Gasteiger partial charge is 0.548 e. The van der Waals surface area contributed by atoms with E-state index >= 15 is 0 Å². The first kappa shape index (κ1) is 32.8. The molecule has 0 saturated carbocycles. The van der Waals surface area contributed by atoms with E-state index in [-0.39, 0.29) is 48.5 Å². The van der Waals surface area contributed by atoms with Gasteiger partial charge in [-0.25, -0.2) is 0 Å². The molecule has 0 aliphatic rings. The van der Waals surface area contributed by atoms with Crippen LogP contribution in [-0.2, 0) is 9.59 Å². The van der Waals surface area contributed by atoms with Crippen LogP contribution in [0.3, 0.4) is 0 Å². The summed E-state index contributed by atoms with van der Waals surface area (Å²) in [7, 11) is 0. The van der Waals surface area contributed by atoms with Crippen molar-refractivity contribution in [2.75, 3.05) is 13.2 Å². The van der Waals surface area contributed by atoms with E-state index < -0.39 is 12.0 Å². The summed E-state index contributed by atoms with van der Waals surface area (Å²) in [6.45, 7) is 4.29. The first-order valence-corrected chi connectivity index (χ1v) is 12.3. The zero-order chi connectivity index (χ0) is 22.5. The Morgan fingerprint density at radius 1 is 0.839 bits per heavy atom. The second-order valence-corrected chi connectivity index (χ2v) is 8.27. The largest absolute Gasteiger partial charge is 1.00 e. The van der Waals surface area contributed by atoms with E-state index in [0.717, 1.165) is 25.7 Å². The number of carboxylic acids is 1. The number of aliphatic carboxylic acids is 1. The molecule has 0 aliphatic heterocycles. The molecule has 0 rings (SSSR count). The van der Waals surface area contributed by atoms with Crippen molar-refractivity contribution < 1.29 is 49.4 Å². The molecule has 0 heterocycles. The van der Waals surface area contributed by atoms with Crippen molar-refractivity contribution >= 4 is 11.9 Å². The molecule has 0 radical (unpaired) electrons. The maximum atomic E-state index is 12.4. The number of aliphatic hydroxyl groups excluding tert-OH is 1. The number of carbonyl (C=O) groups excluding carboxylic acids is 2. The molecule has 0 fully saturated rings. The Labute approximate surface area is 213 Å². The van der Waals surface area contributed by atoms with Crippen LogP contribution in [0.1, 0.15) is 117 Å². The zero-order valence-electron chi connectivity index (χ0n) is 20.6. The Morgan fingerprint density at radius 2 is 1.35 bits per heavy atom. The van der Waals surface area contributed by atoms with Gasteiger partial charge in [0.2, 0.25) is 5.91 Å². The fourth-order valence-corrected chi connectivity index (χ4v) is 3.71. The molecule has 0 aromatic carbocycles. The van der Waals surface area contributed by atoms with Crippen LogP contribution in [0, 0.1) is 0 Å². The Hall–Kier alpha value is -0.360. The second kappa shape index (κ2) is 24.3. The van der Waals surface area contributed by atoms with Gasteiger partial charge in [-0.1, -0.05) is 77.4 Å². The zero-order valence-corrected chi connectivity index (χ0v) is 22.6. The molecule has 176 valence electrons. The van der Waals surface area contributed by atoms with E-state index in [4.69, 9.17) is 5.11 Å². The molecule has 0 aliphatic carbocycles. The Kier molecular flexibility index (Phi) is 25.7. The van der Waals surface area contributed by atoms with Gasteiger partial charge >= 0.3 is 29.6 Å². The molecule has 0 saturated heterocycles. The molecule has 0 aromatic rings. The Balaban J connectivity index is 0. The maximum absolute atomic E-state index is 12.4. The predicted octanol–water partition coefficient (Wildman–Crippen LogP) is 1.77. The molecule has 0 bridgehead atoms. The van der Waals surface area contributed by atoms with Crippen LogP contribution in [0.2, 0.25) is 0 Å². The van der Waals surface area contributed by atoms with Crippen molar-refractivity contribution in [1.82, 2.24) is 4.90 Å². The molecule has 1 atom stereocenters. The van der Waals surface area contributed by atoms with Gasteiger partial charge in [0, 0.05) is 19.6 Å². The van der Waals surface area contributed by atoms with Crippen LogP contribution in [0.15, 0.2) is 12.2 Å². The first-order chi connectivity index (χ1) is 14.6. The van der Waals surface area contributed by atoms with Crippen molar-refractivity contribution in [2.24, 2.45) is 0 Å². The van der Waals surface area contributed by atoms with Crippen molar-refractivity contribution in [3.8, 4) is 0 Å². The van der Waals surface area contributed by atoms with Crippen molar-refractivity contribution in [3.05, 3.63) is 12.2 Å². The fourth-order valence-electron chi connectivity index (χ4n) is 3.71. The van der Waals surface area contributed by atoms with Gasteiger partial charge < -0.3 is 19.9 Å². The number of carbonyl (C=O) groups is 2. The van der Waals surface area contributed by atoms with Crippen LogP contribution in [0.25, 0.3) is 0 Å². The van der Waals surface area contributed by atoms with E-state index in [9.17, 15) is 14.7 Å². The molecule has 1 N–H and O–H groups in total. The first-order valence-electron chi connectivity index (χ1n) is 12.3. The maximum Gasteiger partial charge on any atom is 1.00 e. The van der Waals surface area contributed by atoms with E-state index in [2.05, 4.69) is 19.1 Å². The SMILES string of the molecule is CCCCCCCC/C=C\CCCCCCCC(=O)N(CCC)[C@@H](CCO)C(=O)[O-].[Na+]. The molecule has 6 heteroatoms. The molecule has 5 nitrogen and oxygen atoms in total. The van der Waals surface area contributed by atoms with Gasteiger partial charge in [-0.15, -0.1) is 0 Å². The average Bonchev–Trinajstić information content (AvgIpc) is 2.73. The normalized spacial score (nSPS) is 12.0. The fraction of sp³-hybridized carbons (Fsp3) is 0.840. The number of allylic oxidation sites excluding steroid dienone is 2. The third-order valence-corrected chi connectivity index (χ3v) is 5.49. The van der Waals surface area contributed by atoms with E-state index in [1.807, 2.05) is 6.92 Å². The third-order valence-electron chi connectivity index (χ3n) is 5.49. The number of unbranched alkanes of at least 4 members (excludes halogenated alkanes) is 11. The van der Waals surface area contributed by atoms with E-state index in [1.165, 1.54) is 62.7 Å². The predicted molar refractivity (Wildman–Crippen MR) is 122 cm³/mol. The van der Waals surface area contributed by atoms with Gasteiger partial charge in [0.1, 0.15) is 0 Å². The summed E-state index contributed by atoms with van der Waals surface area (Å²) in [5, 5.41) is 20.4. The molecule has 0 spiro atoms. The van der Waals surface area contributed by atoms with Crippen LogP contribution in [0.4, 0.5) is 0 Å².